The van der Waals surface area contributed by atoms with Gasteiger partial charge in [-0.1, -0.05) is 26.0 Å². The normalized spacial score (nSPS) is 15.6. The van der Waals surface area contributed by atoms with Crippen LogP contribution < -0.4 is 0 Å². The van der Waals surface area contributed by atoms with E-state index in [1.54, 1.807) is 38.2 Å². The first-order valence-electron chi connectivity index (χ1n) is 6.92. The number of benzene rings is 1. The second-order valence-corrected chi connectivity index (χ2v) is 7.75. The molecule has 0 amide bonds. The molecule has 1 aromatic rings. The Hall–Kier alpha value is -0.910. The first kappa shape index (κ1) is 17.1. The summed E-state index contributed by atoms with van der Waals surface area (Å²) in [6, 6.07) is 6.44. The highest BCUT2D eigenvalue weighted by Crippen LogP contribution is 2.22. The predicted octanol–water partition coefficient (Wildman–Crippen LogP) is 2.80. The van der Waals surface area contributed by atoms with Crippen LogP contribution in [0.5, 0.6) is 0 Å². The summed E-state index contributed by atoms with van der Waals surface area (Å²) in [5.41, 5.74) is 0.607. The molecule has 0 saturated heterocycles. The lowest BCUT2D eigenvalue weighted by atomic mass is 10.1. The molecule has 4 nitrogen and oxygen atoms in total. The summed E-state index contributed by atoms with van der Waals surface area (Å²) < 4.78 is 26.6. The average molecular weight is 299 g/mol. The highest BCUT2D eigenvalue weighted by atomic mass is 32.2. The first-order chi connectivity index (χ1) is 9.16. The lowest BCUT2D eigenvalue weighted by molar-refractivity contribution is 0.199. The van der Waals surface area contributed by atoms with Crippen molar-refractivity contribution in [1.29, 1.82) is 0 Å². The standard InChI is InChI=1S/C15H25NO3S/c1-11(2)9-12(3)16(5)20(18,19)15-8-6-7-14(10-15)13(4)17/h6-8,10-13,17H,9H2,1-5H3. The van der Waals surface area contributed by atoms with Gasteiger partial charge in [-0.2, -0.15) is 4.31 Å². The van der Waals surface area contributed by atoms with Crippen molar-refractivity contribution in [2.24, 2.45) is 5.92 Å². The van der Waals surface area contributed by atoms with Crippen molar-refractivity contribution in [3.05, 3.63) is 29.8 Å². The van der Waals surface area contributed by atoms with Gasteiger partial charge in [-0.15, -0.1) is 0 Å². The van der Waals surface area contributed by atoms with E-state index in [1.807, 2.05) is 6.92 Å². The van der Waals surface area contributed by atoms with Gasteiger partial charge in [0, 0.05) is 13.1 Å². The summed E-state index contributed by atoms with van der Waals surface area (Å²) in [5.74, 6) is 0.437. The van der Waals surface area contributed by atoms with Crippen molar-refractivity contribution in [3.63, 3.8) is 0 Å². The molecule has 1 rings (SSSR count). The minimum atomic E-state index is -3.52. The molecule has 1 aromatic carbocycles. The Labute approximate surface area is 122 Å². The molecule has 0 saturated carbocycles. The Bertz CT molecular complexity index is 538. The topological polar surface area (TPSA) is 57.6 Å². The number of rotatable bonds is 6. The molecule has 114 valence electrons. The van der Waals surface area contributed by atoms with Gasteiger partial charge in [0.05, 0.1) is 11.0 Å². The Morgan fingerprint density at radius 2 is 1.80 bits per heavy atom. The SMILES string of the molecule is CC(C)CC(C)N(C)S(=O)(=O)c1cccc(C(C)O)c1. The molecule has 0 bridgehead atoms. The summed E-state index contributed by atoms with van der Waals surface area (Å²) >= 11 is 0. The van der Waals surface area contributed by atoms with Crippen LogP contribution in [-0.2, 0) is 10.0 Å². The molecule has 0 aliphatic heterocycles. The number of hydrogen-bond donors (Lipinski definition) is 1. The maximum Gasteiger partial charge on any atom is 0.243 e. The number of aliphatic hydroxyl groups excluding tert-OH is 1. The Balaban J connectivity index is 3.07. The molecular formula is C15H25NO3S. The van der Waals surface area contributed by atoms with Crippen molar-refractivity contribution >= 4 is 10.0 Å². The molecule has 2 atom stereocenters. The van der Waals surface area contributed by atoms with Crippen molar-refractivity contribution in [2.75, 3.05) is 7.05 Å². The second kappa shape index (κ2) is 6.70. The number of hydrogen-bond acceptors (Lipinski definition) is 3. The van der Waals surface area contributed by atoms with Gasteiger partial charge in [-0.05, 0) is 43.9 Å². The molecule has 0 spiro atoms. The van der Waals surface area contributed by atoms with Crippen LogP contribution in [0, 0.1) is 5.92 Å². The monoisotopic (exact) mass is 299 g/mol. The van der Waals surface area contributed by atoms with Gasteiger partial charge in [-0.3, -0.25) is 0 Å². The van der Waals surface area contributed by atoms with Crippen LogP contribution >= 0.6 is 0 Å². The molecule has 2 unspecified atom stereocenters. The predicted molar refractivity (Wildman–Crippen MR) is 80.9 cm³/mol. The molecule has 0 fully saturated rings. The van der Waals surface area contributed by atoms with Gasteiger partial charge in [0.1, 0.15) is 0 Å². The number of nitrogens with zero attached hydrogens (tertiary/aromatic N) is 1. The summed E-state index contributed by atoms with van der Waals surface area (Å²) in [7, 11) is -1.91. The van der Waals surface area contributed by atoms with Crippen molar-refractivity contribution < 1.29 is 13.5 Å². The van der Waals surface area contributed by atoms with Crippen molar-refractivity contribution in [3.8, 4) is 0 Å². The van der Waals surface area contributed by atoms with E-state index in [2.05, 4.69) is 13.8 Å². The first-order valence-corrected chi connectivity index (χ1v) is 8.36. The lowest BCUT2D eigenvalue weighted by Crippen LogP contribution is -2.35. The van der Waals surface area contributed by atoms with E-state index >= 15 is 0 Å². The number of aliphatic hydroxyl groups is 1. The third-order valence-electron chi connectivity index (χ3n) is 3.45. The van der Waals surface area contributed by atoms with Gasteiger partial charge in [0.15, 0.2) is 0 Å². The summed E-state index contributed by atoms with van der Waals surface area (Å²) in [5, 5.41) is 9.57. The van der Waals surface area contributed by atoms with Crippen LogP contribution in [0.2, 0.25) is 0 Å². The Morgan fingerprint density at radius 3 is 2.30 bits per heavy atom. The van der Waals surface area contributed by atoms with E-state index in [0.29, 0.717) is 11.5 Å². The van der Waals surface area contributed by atoms with Crippen molar-refractivity contribution in [1.82, 2.24) is 4.31 Å². The van der Waals surface area contributed by atoms with E-state index in [-0.39, 0.29) is 10.9 Å². The van der Waals surface area contributed by atoms with Gasteiger partial charge in [0.25, 0.3) is 0 Å². The van der Waals surface area contributed by atoms with E-state index in [9.17, 15) is 13.5 Å². The van der Waals surface area contributed by atoms with Crippen LogP contribution in [0.3, 0.4) is 0 Å². The summed E-state index contributed by atoms with van der Waals surface area (Å²) in [6.07, 6.45) is 0.134. The fourth-order valence-corrected chi connectivity index (χ4v) is 3.60. The quantitative estimate of drug-likeness (QED) is 0.878. The Kier molecular flexibility index (Phi) is 5.74. The molecule has 0 aliphatic carbocycles. The highest BCUT2D eigenvalue weighted by Gasteiger charge is 2.26. The van der Waals surface area contributed by atoms with Crippen LogP contribution in [0.25, 0.3) is 0 Å². The minimum absolute atomic E-state index is 0.0600. The van der Waals surface area contributed by atoms with Crippen molar-refractivity contribution in [2.45, 2.75) is 51.2 Å². The zero-order valence-electron chi connectivity index (χ0n) is 12.9. The zero-order valence-corrected chi connectivity index (χ0v) is 13.7. The second-order valence-electron chi connectivity index (χ2n) is 5.75. The molecule has 1 N–H and O–H groups in total. The largest absolute Gasteiger partial charge is 0.389 e. The highest BCUT2D eigenvalue weighted by molar-refractivity contribution is 7.89. The summed E-state index contributed by atoms with van der Waals surface area (Å²) in [6.45, 7) is 7.68. The van der Waals surface area contributed by atoms with Crippen LogP contribution in [-0.4, -0.2) is 30.9 Å². The van der Waals surface area contributed by atoms with Crippen LogP contribution in [0.4, 0.5) is 0 Å². The third kappa shape index (κ3) is 4.04. The average Bonchev–Trinajstić information content (AvgIpc) is 2.37. The molecule has 0 aromatic heterocycles. The molecule has 5 heteroatoms. The van der Waals surface area contributed by atoms with Gasteiger partial charge < -0.3 is 5.11 Å². The zero-order chi connectivity index (χ0) is 15.5. The van der Waals surface area contributed by atoms with E-state index in [0.717, 1.165) is 6.42 Å². The molecule has 20 heavy (non-hydrogen) atoms. The molecule has 0 radical (unpaired) electrons. The van der Waals surface area contributed by atoms with E-state index in [4.69, 9.17) is 0 Å². The fraction of sp³-hybridized carbons (Fsp3) is 0.600. The molecule has 0 aliphatic rings. The molecular weight excluding hydrogens is 274 g/mol. The van der Waals surface area contributed by atoms with Gasteiger partial charge >= 0.3 is 0 Å². The van der Waals surface area contributed by atoms with Crippen LogP contribution in [0.15, 0.2) is 29.2 Å². The van der Waals surface area contributed by atoms with E-state index < -0.39 is 16.1 Å². The lowest BCUT2D eigenvalue weighted by Gasteiger charge is -2.26. The van der Waals surface area contributed by atoms with Gasteiger partial charge in [-0.25, -0.2) is 8.42 Å². The van der Waals surface area contributed by atoms with Crippen LogP contribution in [0.1, 0.15) is 45.8 Å². The summed E-state index contributed by atoms with van der Waals surface area (Å²) in [4.78, 5) is 0.231. The van der Waals surface area contributed by atoms with Gasteiger partial charge in [0.2, 0.25) is 10.0 Å². The Morgan fingerprint density at radius 1 is 1.20 bits per heavy atom. The fourth-order valence-electron chi connectivity index (χ4n) is 2.17. The van der Waals surface area contributed by atoms with E-state index in [1.165, 1.54) is 4.31 Å². The maximum absolute atomic E-state index is 12.6. The maximum atomic E-state index is 12.6. The minimum Gasteiger partial charge on any atom is -0.389 e. The number of sulfonamides is 1. The third-order valence-corrected chi connectivity index (χ3v) is 5.42. The molecule has 0 heterocycles. The smallest absolute Gasteiger partial charge is 0.243 e.